The van der Waals surface area contributed by atoms with Crippen LogP contribution < -0.4 is 10.1 Å². The Kier molecular flexibility index (Phi) is 5.18. The van der Waals surface area contributed by atoms with Gasteiger partial charge in [0.2, 0.25) is 0 Å². The maximum Gasteiger partial charge on any atom is 0.289 e. The maximum atomic E-state index is 11.9. The van der Waals surface area contributed by atoms with Crippen LogP contribution in [0.1, 0.15) is 11.1 Å². The molecule has 0 unspecified atom stereocenters. The summed E-state index contributed by atoms with van der Waals surface area (Å²) in [7, 11) is 0. The Morgan fingerprint density at radius 2 is 2.00 bits per heavy atom. The van der Waals surface area contributed by atoms with E-state index in [1.807, 2.05) is 26.0 Å². The standard InChI is InChI=1S/C16H15ClN2O4/c1-10-3-6-15(11(2)7-10)23-9-16(20)18-12-4-5-13(17)14(8-12)19(21)22/h3-8H,9H2,1-2H3,(H,18,20). The van der Waals surface area contributed by atoms with Gasteiger partial charge in [0.15, 0.2) is 6.61 Å². The Hall–Kier alpha value is -2.60. The number of hydrogen-bond acceptors (Lipinski definition) is 4. The molecular formula is C16H15ClN2O4. The predicted molar refractivity (Wildman–Crippen MR) is 88.1 cm³/mol. The van der Waals surface area contributed by atoms with Crippen molar-refractivity contribution in [2.45, 2.75) is 13.8 Å². The van der Waals surface area contributed by atoms with Crippen LogP contribution in [-0.4, -0.2) is 17.4 Å². The van der Waals surface area contributed by atoms with Crippen LogP contribution in [0.15, 0.2) is 36.4 Å². The van der Waals surface area contributed by atoms with Crippen molar-refractivity contribution in [1.82, 2.24) is 0 Å². The minimum atomic E-state index is -0.607. The molecule has 0 radical (unpaired) electrons. The number of aryl methyl sites for hydroxylation is 2. The van der Waals surface area contributed by atoms with Crippen LogP contribution >= 0.6 is 11.6 Å². The molecule has 1 N–H and O–H groups in total. The first-order valence-electron chi connectivity index (χ1n) is 6.80. The largest absolute Gasteiger partial charge is 0.483 e. The summed E-state index contributed by atoms with van der Waals surface area (Å²) in [6.45, 7) is 3.67. The average Bonchev–Trinajstić information content (AvgIpc) is 2.48. The third kappa shape index (κ3) is 4.43. The van der Waals surface area contributed by atoms with Gasteiger partial charge in [0.1, 0.15) is 10.8 Å². The number of hydrogen-bond donors (Lipinski definition) is 1. The lowest BCUT2D eigenvalue weighted by Gasteiger charge is -2.10. The Bertz CT molecular complexity index is 762. The van der Waals surface area contributed by atoms with Gasteiger partial charge >= 0.3 is 0 Å². The van der Waals surface area contributed by atoms with Crippen LogP contribution in [-0.2, 0) is 4.79 Å². The smallest absolute Gasteiger partial charge is 0.289 e. The first kappa shape index (κ1) is 16.8. The minimum absolute atomic E-state index is 0.0135. The number of ether oxygens (including phenoxy) is 1. The molecule has 120 valence electrons. The molecule has 2 aromatic rings. The molecule has 0 atom stereocenters. The molecule has 0 aliphatic carbocycles. The van der Waals surface area contributed by atoms with Gasteiger partial charge in [-0.15, -0.1) is 0 Å². The highest BCUT2D eigenvalue weighted by Crippen LogP contribution is 2.27. The third-order valence-electron chi connectivity index (χ3n) is 3.12. The van der Waals surface area contributed by atoms with E-state index in [9.17, 15) is 14.9 Å². The lowest BCUT2D eigenvalue weighted by molar-refractivity contribution is -0.384. The molecule has 0 bridgehead atoms. The lowest BCUT2D eigenvalue weighted by Crippen LogP contribution is -2.20. The van der Waals surface area contributed by atoms with Gasteiger partial charge in [0.05, 0.1) is 4.92 Å². The summed E-state index contributed by atoms with van der Waals surface area (Å²) in [4.78, 5) is 22.1. The molecule has 0 saturated heterocycles. The van der Waals surface area contributed by atoms with Gasteiger partial charge in [-0.1, -0.05) is 29.3 Å². The van der Waals surface area contributed by atoms with Gasteiger partial charge < -0.3 is 10.1 Å². The summed E-state index contributed by atoms with van der Waals surface area (Å²) in [5, 5.41) is 13.4. The second kappa shape index (κ2) is 7.11. The van der Waals surface area contributed by atoms with E-state index in [0.29, 0.717) is 5.75 Å². The molecule has 0 spiro atoms. The van der Waals surface area contributed by atoms with Crippen molar-refractivity contribution in [1.29, 1.82) is 0 Å². The molecule has 2 aromatic carbocycles. The van der Waals surface area contributed by atoms with E-state index in [0.717, 1.165) is 11.1 Å². The maximum absolute atomic E-state index is 11.9. The minimum Gasteiger partial charge on any atom is -0.483 e. The Balaban J connectivity index is 2.00. The van der Waals surface area contributed by atoms with E-state index in [1.165, 1.54) is 18.2 Å². The summed E-state index contributed by atoms with van der Waals surface area (Å²) in [6.07, 6.45) is 0. The van der Waals surface area contributed by atoms with Crippen LogP contribution in [0.25, 0.3) is 0 Å². The molecule has 0 aromatic heterocycles. The summed E-state index contributed by atoms with van der Waals surface area (Å²) >= 11 is 5.72. The van der Waals surface area contributed by atoms with Crippen LogP contribution in [0.2, 0.25) is 5.02 Å². The molecule has 2 rings (SSSR count). The van der Waals surface area contributed by atoms with Crippen molar-refractivity contribution in [3.8, 4) is 5.75 Å². The molecule has 0 heterocycles. The first-order chi connectivity index (χ1) is 10.9. The number of nitrogens with one attached hydrogen (secondary N) is 1. The molecule has 23 heavy (non-hydrogen) atoms. The highest BCUT2D eigenvalue weighted by atomic mass is 35.5. The molecule has 0 aliphatic heterocycles. The number of nitro benzene ring substituents is 1. The summed E-state index contributed by atoms with van der Waals surface area (Å²) in [6, 6.07) is 9.70. The number of benzene rings is 2. The van der Waals surface area contributed by atoms with E-state index in [4.69, 9.17) is 16.3 Å². The fourth-order valence-electron chi connectivity index (χ4n) is 2.03. The van der Waals surface area contributed by atoms with Crippen molar-refractivity contribution in [3.63, 3.8) is 0 Å². The molecular weight excluding hydrogens is 320 g/mol. The number of carbonyl (C=O) groups is 1. The monoisotopic (exact) mass is 334 g/mol. The van der Waals surface area contributed by atoms with E-state index in [-0.39, 0.29) is 23.0 Å². The number of halogens is 1. The van der Waals surface area contributed by atoms with Gasteiger partial charge in [0, 0.05) is 11.8 Å². The van der Waals surface area contributed by atoms with E-state index >= 15 is 0 Å². The molecule has 7 heteroatoms. The van der Waals surface area contributed by atoms with Crippen molar-refractivity contribution in [2.75, 3.05) is 11.9 Å². The highest BCUT2D eigenvalue weighted by Gasteiger charge is 2.14. The summed E-state index contributed by atoms with van der Waals surface area (Å²) < 4.78 is 5.46. The molecule has 0 aliphatic rings. The van der Waals surface area contributed by atoms with Crippen molar-refractivity contribution in [2.24, 2.45) is 0 Å². The molecule has 6 nitrogen and oxygen atoms in total. The number of amides is 1. The van der Waals surface area contributed by atoms with Gasteiger partial charge in [-0.25, -0.2) is 0 Å². The number of carbonyl (C=O) groups excluding carboxylic acids is 1. The Labute approximate surface area is 138 Å². The Morgan fingerprint density at radius 1 is 1.26 bits per heavy atom. The lowest BCUT2D eigenvalue weighted by atomic mass is 10.1. The fourth-order valence-corrected chi connectivity index (χ4v) is 2.22. The number of nitro groups is 1. The topological polar surface area (TPSA) is 81.5 Å². The van der Waals surface area contributed by atoms with Gasteiger partial charge in [-0.3, -0.25) is 14.9 Å². The van der Waals surface area contributed by atoms with E-state index in [1.54, 1.807) is 6.07 Å². The zero-order valence-electron chi connectivity index (χ0n) is 12.6. The van der Waals surface area contributed by atoms with E-state index < -0.39 is 10.8 Å². The zero-order valence-corrected chi connectivity index (χ0v) is 13.4. The summed E-state index contributed by atoms with van der Waals surface area (Å²) in [5.41, 5.74) is 2.06. The highest BCUT2D eigenvalue weighted by molar-refractivity contribution is 6.32. The van der Waals surface area contributed by atoms with Gasteiger partial charge in [0.25, 0.3) is 11.6 Å². The second-order valence-corrected chi connectivity index (χ2v) is 5.44. The number of rotatable bonds is 5. The van der Waals surface area contributed by atoms with Crippen LogP contribution in [0.4, 0.5) is 11.4 Å². The van der Waals surface area contributed by atoms with Crippen molar-refractivity contribution < 1.29 is 14.5 Å². The van der Waals surface area contributed by atoms with Gasteiger partial charge in [-0.2, -0.15) is 0 Å². The van der Waals surface area contributed by atoms with E-state index in [2.05, 4.69) is 5.32 Å². The molecule has 0 fully saturated rings. The summed E-state index contributed by atoms with van der Waals surface area (Å²) in [5.74, 6) is 0.203. The zero-order chi connectivity index (χ0) is 17.0. The van der Waals surface area contributed by atoms with Gasteiger partial charge in [-0.05, 0) is 37.6 Å². The first-order valence-corrected chi connectivity index (χ1v) is 7.18. The SMILES string of the molecule is Cc1ccc(OCC(=O)Nc2ccc(Cl)c([N+](=O)[O-])c2)c(C)c1. The molecule has 1 amide bonds. The third-order valence-corrected chi connectivity index (χ3v) is 3.44. The average molecular weight is 335 g/mol. The second-order valence-electron chi connectivity index (χ2n) is 5.03. The molecule has 0 saturated carbocycles. The fraction of sp³-hybridized carbons (Fsp3) is 0.188. The van der Waals surface area contributed by atoms with Crippen LogP contribution in [0, 0.1) is 24.0 Å². The predicted octanol–water partition coefficient (Wildman–Crippen LogP) is 3.88. The number of anilines is 1. The van der Waals surface area contributed by atoms with Crippen molar-refractivity contribution >= 4 is 28.9 Å². The van der Waals surface area contributed by atoms with Crippen LogP contribution in [0.5, 0.6) is 5.75 Å². The van der Waals surface area contributed by atoms with Crippen molar-refractivity contribution in [3.05, 3.63) is 62.7 Å². The Morgan fingerprint density at radius 3 is 2.65 bits per heavy atom. The number of nitrogens with zero attached hydrogens (tertiary/aromatic N) is 1. The van der Waals surface area contributed by atoms with Crippen LogP contribution in [0.3, 0.4) is 0 Å². The normalized spacial score (nSPS) is 10.2. The quantitative estimate of drug-likeness (QED) is 0.664.